The summed E-state index contributed by atoms with van der Waals surface area (Å²) < 4.78 is 36.8. The van der Waals surface area contributed by atoms with Crippen LogP contribution in [0.25, 0.3) is 0 Å². The van der Waals surface area contributed by atoms with Crippen molar-refractivity contribution >= 4 is 17.1 Å². The quantitative estimate of drug-likeness (QED) is 0.726. The molecule has 0 radical (unpaired) electrons. The number of ketones is 1. The predicted octanol–water partition coefficient (Wildman–Crippen LogP) is 2.05. The first-order valence-corrected chi connectivity index (χ1v) is 4.74. The van der Waals surface area contributed by atoms with Crippen molar-refractivity contribution in [1.82, 2.24) is 5.32 Å². The first-order valence-electron chi connectivity index (χ1n) is 3.92. The Kier molecular flexibility index (Phi) is 2.11. The summed E-state index contributed by atoms with van der Waals surface area (Å²) in [5, 5.41) is 2.75. The minimum atomic E-state index is -4.34. The SMILES string of the molecule is O=C1CNCc2sc(C(F)(F)F)cc21. The van der Waals surface area contributed by atoms with Gasteiger partial charge in [0.05, 0.1) is 6.54 Å². The molecule has 0 atom stereocenters. The van der Waals surface area contributed by atoms with Gasteiger partial charge in [-0.3, -0.25) is 4.79 Å². The van der Waals surface area contributed by atoms with Gasteiger partial charge in [0.1, 0.15) is 4.88 Å². The zero-order valence-electron chi connectivity index (χ0n) is 6.94. The third-order valence-electron chi connectivity index (χ3n) is 1.96. The van der Waals surface area contributed by atoms with Gasteiger partial charge in [-0.2, -0.15) is 13.2 Å². The Labute approximate surface area is 81.7 Å². The Bertz CT molecular complexity index is 382. The van der Waals surface area contributed by atoms with Crippen LogP contribution in [0.4, 0.5) is 13.2 Å². The molecule has 1 aliphatic heterocycles. The summed E-state index contributed by atoms with van der Waals surface area (Å²) in [5.41, 5.74) is 0.223. The van der Waals surface area contributed by atoms with Crippen molar-refractivity contribution in [3.8, 4) is 0 Å². The molecule has 0 saturated carbocycles. The maximum Gasteiger partial charge on any atom is 0.425 e. The molecule has 2 nitrogen and oxygen atoms in total. The Morgan fingerprint density at radius 1 is 1.36 bits per heavy atom. The van der Waals surface area contributed by atoms with Gasteiger partial charge in [0.15, 0.2) is 5.78 Å². The lowest BCUT2D eigenvalue weighted by molar-refractivity contribution is -0.134. The first-order chi connectivity index (χ1) is 6.48. The number of carbonyl (C=O) groups excluding carboxylic acids is 1. The number of alkyl halides is 3. The predicted molar refractivity (Wildman–Crippen MR) is 45.4 cm³/mol. The van der Waals surface area contributed by atoms with Gasteiger partial charge in [-0.15, -0.1) is 11.3 Å². The number of halogens is 3. The van der Waals surface area contributed by atoms with E-state index in [4.69, 9.17) is 0 Å². The molecule has 2 heterocycles. The molecule has 0 unspecified atom stereocenters. The van der Waals surface area contributed by atoms with Crippen LogP contribution >= 0.6 is 11.3 Å². The number of Topliss-reactive ketones (excluding diaryl/α,β-unsaturated/α-hetero) is 1. The second-order valence-electron chi connectivity index (χ2n) is 2.97. The zero-order valence-corrected chi connectivity index (χ0v) is 7.76. The lowest BCUT2D eigenvalue weighted by Crippen LogP contribution is -2.28. The highest BCUT2D eigenvalue weighted by Crippen LogP contribution is 2.37. The normalized spacial score (nSPS) is 16.9. The Balaban J connectivity index is 2.45. The molecule has 2 rings (SSSR count). The van der Waals surface area contributed by atoms with Crippen LogP contribution in [-0.4, -0.2) is 12.3 Å². The van der Waals surface area contributed by atoms with Crippen molar-refractivity contribution < 1.29 is 18.0 Å². The molecule has 1 aromatic rings. The molecule has 14 heavy (non-hydrogen) atoms. The third kappa shape index (κ3) is 1.55. The number of carbonyl (C=O) groups is 1. The molecule has 0 fully saturated rings. The van der Waals surface area contributed by atoms with Crippen LogP contribution in [-0.2, 0) is 12.7 Å². The summed E-state index contributed by atoms with van der Waals surface area (Å²) in [6.07, 6.45) is -4.34. The van der Waals surface area contributed by atoms with Crippen LogP contribution in [0.2, 0.25) is 0 Å². The largest absolute Gasteiger partial charge is 0.425 e. The molecule has 0 spiro atoms. The fraction of sp³-hybridized carbons (Fsp3) is 0.375. The molecule has 0 bridgehead atoms. The number of rotatable bonds is 0. The highest BCUT2D eigenvalue weighted by molar-refractivity contribution is 7.12. The van der Waals surface area contributed by atoms with E-state index in [0.717, 1.165) is 6.07 Å². The smallest absolute Gasteiger partial charge is 0.305 e. The van der Waals surface area contributed by atoms with Crippen molar-refractivity contribution in [2.24, 2.45) is 0 Å². The second-order valence-corrected chi connectivity index (χ2v) is 4.11. The summed E-state index contributed by atoms with van der Waals surface area (Å²) in [5.74, 6) is -0.266. The Hall–Kier alpha value is -0.880. The van der Waals surface area contributed by atoms with Gasteiger partial charge >= 0.3 is 6.18 Å². The van der Waals surface area contributed by atoms with E-state index in [0.29, 0.717) is 22.8 Å². The van der Waals surface area contributed by atoms with Crippen LogP contribution in [0.3, 0.4) is 0 Å². The molecule has 1 aliphatic rings. The monoisotopic (exact) mass is 221 g/mol. The zero-order chi connectivity index (χ0) is 10.3. The van der Waals surface area contributed by atoms with Gasteiger partial charge in [0, 0.05) is 17.0 Å². The van der Waals surface area contributed by atoms with E-state index in [9.17, 15) is 18.0 Å². The summed E-state index contributed by atoms with van der Waals surface area (Å²) in [7, 11) is 0. The van der Waals surface area contributed by atoms with Gasteiger partial charge in [0.25, 0.3) is 0 Å². The number of hydrogen-bond acceptors (Lipinski definition) is 3. The molecule has 0 saturated heterocycles. The Morgan fingerprint density at radius 3 is 2.64 bits per heavy atom. The fourth-order valence-electron chi connectivity index (χ4n) is 1.32. The standard InChI is InChI=1S/C8H6F3NOS/c9-8(10,11)7-1-4-5(13)2-12-3-6(4)14-7/h1,12H,2-3H2. The van der Waals surface area contributed by atoms with E-state index in [1.54, 1.807) is 0 Å². The van der Waals surface area contributed by atoms with Crippen molar-refractivity contribution in [2.75, 3.05) is 6.54 Å². The van der Waals surface area contributed by atoms with Gasteiger partial charge in [-0.05, 0) is 6.07 Å². The summed E-state index contributed by atoms with van der Waals surface area (Å²) in [6.45, 7) is 0.475. The number of hydrogen-bond donors (Lipinski definition) is 1. The maximum atomic E-state index is 12.3. The van der Waals surface area contributed by atoms with Gasteiger partial charge in [-0.25, -0.2) is 0 Å². The molecular weight excluding hydrogens is 215 g/mol. The minimum absolute atomic E-state index is 0.126. The highest BCUT2D eigenvalue weighted by atomic mass is 32.1. The van der Waals surface area contributed by atoms with E-state index in [1.165, 1.54) is 0 Å². The van der Waals surface area contributed by atoms with Crippen LogP contribution in [0.5, 0.6) is 0 Å². The lowest BCUT2D eigenvalue weighted by atomic mass is 10.1. The van der Waals surface area contributed by atoms with Gasteiger partial charge < -0.3 is 5.32 Å². The molecule has 0 aliphatic carbocycles. The average Bonchev–Trinajstić information content (AvgIpc) is 2.48. The van der Waals surface area contributed by atoms with Crippen LogP contribution in [0.15, 0.2) is 6.07 Å². The number of nitrogens with one attached hydrogen (secondary N) is 1. The van der Waals surface area contributed by atoms with E-state index in [1.807, 2.05) is 0 Å². The molecule has 1 aromatic heterocycles. The molecule has 76 valence electrons. The second kappa shape index (κ2) is 3.06. The van der Waals surface area contributed by atoms with Crippen LogP contribution in [0, 0.1) is 0 Å². The summed E-state index contributed by atoms with van der Waals surface area (Å²) in [4.78, 5) is 11.0. The van der Waals surface area contributed by atoms with Crippen molar-refractivity contribution in [1.29, 1.82) is 0 Å². The first kappa shape index (κ1) is 9.67. The Morgan fingerprint density at radius 2 is 2.07 bits per heavy atom. The summed E-state index contributed by atoms with van der Waals surface area (Å²) in [6, 6.07) is 0.948. The highest BCUT2D eigenvalue weighted by Gasteiger charge is 2.35. The molecular formula is C8H6F3NOS. The topological polar surface area (TPSA) is 29.1 Å². The van der Waals surface area contributed by atoms with Crippen LogP contribution < -0.4 is 5.32 Å². The minimum Gasteiger partial charge on any atom is -0.305 e. The summed E-state index contributed by atoms with van der Waals surface area (Å²) >= 11 is 0.638. The molecule has 6 heteroatoms. The van der Waals surface area contributed by atoms with E-state index >= 15 is 0 Å². The van der Waals surface area contributed by atoms with Crippen molar-refractivity contribution in [3.63, 3.8) is 0 Å². The van der Waals surface area contributed by atoms with Gasteiger partial charge in [-0.1, -0.05) is 0 Å². The lowest BCUT2D eigenvalue weighted by Gasteiger charge is -2.09. The van der Waals surface area contributed by atoms with Gasteiger partial charge in [0.2, 0.25) is 0 Å². The molecule has 0 amide bonds. The van der Waals surface area contributed by atoms with Crippen molar-refractivity contribution in [3.05, 3.63) is 21.4 Å². The molecule has 1 N–H and O–H groups in total. The van der Waals surface area contributed by atoms with E-state index < -0.39 is 11.1 Å². The van der Waals surface area contributed by atoms with Crippen LogP contribution in [0.1, 0.15) is 20.1 Å². The third-order valence-corrected chi connectivity index (χ3v) is 3.14. The fourth-order valence-corrected chi connectivity index (χ4v) is 2.34. The van der Waals surface area contributed by atoms with Crippen molar-refractivity contribution in [2.45, 2.75) is 12.7 Å². The number of fused-ring (bicyclic) bond motifs is 1. The number of thiophene rings is 1. The average molecular weight is 221 g/mol. The van der Waals surface area contributed by atoms with E-state index in [2.05, 4.69) is 5.32 Å². The van der Waals surface area contributed by atoms with E-state index in [-0.39, 0.29) is 17.9 Å². The maximum absolute atomic E-state index is 12.3. The molecule has 0 aromatic carbocycles.